The molecule has 0 aliphatic heterocycles. The van der Waals surface area contributed by atoms with Crippen molar-refractivity contribution in [3.8, 4) is 12.1 Å². The zero-order valence-electron chi connectivity index (χ0n) is 9.57. The number of hydrogen-bond acceptors (Lipinski definition) is 4. The molecular formula is C11H16N2O2. The molecule has 4 nitrogen and oxygen atoms in total. The van der Waals surface area contributed by atoms with Crippen molar-refractivity contribution in [3.05, 3.63) is 0 Å². The van der Waals surface area contributed by atoms with E-state index >= 15 is 0 Å². The molecule has 0 rings (SSSR count). The third kappa shape index (κ3) is 2.47. The Hall–Kier alpha value is -1.55. The van der Waals surface area contributed by atoms with Crippen LogP contribution in [0.3, 0.4) is 0 Å². The first-order valence-corrected chi connectivity index (χ1v) is 4.91. The van der Waals surface area contributed by atoms with Crippen molar-refractivity contribution in [3.63, 3.8) is 0 Å². The van der Waals surface area contributed by atoms with Crippen LogP contribution in [0.25, 0.3) is 0 Å². The summed E-state index contributed by atoms with van der Waals surface area (Å²) in [4.78, 5) is 11.7. The van der Waals surface area contributed by atoms with Gasteiger partial charge in [-0.25, -0.2) is 0 Å². The molecule has 0 aromatic carbocycles. The van der Waals surface area contributed by atoms with Crippen LogP contribution in [0, 0.1) is 39.9 Å². The Morgan fingerprint density at radius 2 is 1.87 bits per heavy atom. The summed E-state index contributed by atoms with van der Waals surface area (Å²) in [7, 11) is 0. The topological polar surface area (TPSA) is 73.9 Å². The van der Waals surface area contributed by atoms with Crippen LogP contribution >= 0.6 is 0 Å². The largest absolute Gasteiger partial charge is 0.466 e. The first-order chi connectivity index (χ1) is 6.94. The molecule has 1 atom stereocenters. The van der Waals surface area contributed by atoms with Gasteiger partial charge in [0.2, 0.25) is 0 Å². The standard InChI is InChI=1S/C11H16N2O2/c1-5-15-10(14)11(4,8(2)3)9(6-12)7-13/h8-9H,5H2,1-4H3/t11-/m0/s1. The lowest BCUT2D eigenvalue weighted by atomic mass is 9.70. The molecule has 0 aromatic rings. The van der Waals surface area contributed by atoms with E-state index in [-0.39, 0.29) is 12.5 Å². The first kappa shape index (κ1) is 13.4. The molecular weight excluding hydrogens is 192 g/mol. The fraction of sp³-hybridized carbons (Fsp3) is 0.727. The Morgan fingerprint density at radius 1 is 1.40 bits per heavy atom. The second kappa shape index (κ2) is 5.36. The van der Waals surface area contributed by atoms with E-state index in [9.17, 15) is 4.79 Å². The molecule has 0 aliphatic carbocycles. The van der Waals surface area contributed by atoms with Gasteiger partial charge in [0.25, 0.3) is 0 Å². The van der Waals surface area contributed by atoms with Crippen LogP contribution in [0.15, 0.2) is 0 Å². The third-order valence-electron chi connectivity index (χ3n) is 2.77. The van der Waals surface area contributed by atoms with Gasteiger partial charge in [0.05, 0.1) is 24.2 Å². The van der Waals surface area contributed by atoms with Gasteiger partial charge in [0, 0.05) is 0 Å². The monoisotopic (exact) mass is 208 g/mol. The molecule has 0 saturated carbocycles. The highest BCUT2D eigenvalue weighted by Gasteiger charge is 2.46. The molecule has 0 aliphatic rings. The van der Waals surface area contributed by atoms with Crippen molar-refractivity contribution in [1.29, 1.82) is 10.5 Å². The van der Waals surface area contributed by atoms with Gasteiger partial charge in [-0.1, -0.05) is 13.8 Å². The lowest BCUT2D eigenvalue weighted by molar-refractivity contribution is -0.158. The minimum Gasteiger partial charge on any atom is -0.466 e. The zero-order chi connectivity index (χ0) is 12.1. The number of carbonyl (C=O) groups is 1. The van der Waals surface area contributed by atoms with Crippen LogP contribution < -0.4 is 0 Å². The molecule has 0 amide bonds. The quantitative estimate of drug-likeness (QED) is 0.661. The fourth-order valence-corrected chi connectivity index (χ4v) is 1.27. The van der Waals surface area contributed by atoms with E-state index in [1.165, 1.54) is 0 Å². The average Bonchev–Trinajstić information content (AvgIpc) is 2.19. The van der Waals surface area contributed by atoms with E-state index in [1.807, 2.05) is 12.1 Å². The van der Waals surface area contributed by atoms with E-state index in [1.54, 1.807) is 27.7 Å². The molecule has 15 heavy (non-hydrogen) atoms. The summed E-state index contributed by atoms with van der Waals surface area (Å²) >= 11 is 0. The van der Waals surface area contributed by atoms with Crippen LogP contribution in [0.4, 0.5) is 0 Å². The van der Waals surface area contributed by atoms with E-state index in [2.05, 4.69) is 0 Å². The molecule has 0 saturated heterocycles. The molecule has 0 aromatic heterocycles. The van der Waals surface area contributed by atoms with Crippen molar-refractivity contribution < 1.29 is 9.53 Å². The summed E-state index contributed by atoms with van der Waals surface area (Å²) < 4.78 is 4.91. The van der Waals surface area contributed by atoms with E-state index in [0.29, 0.717) is 0 Å². The molecule has 4 heteroatoms. The number of hydrogen-bond donors (Lipinski definition) is 0. The Balaban J connectivity index is 5.18. The zero-order valence-corrected chi connectivity index (χ0v) is 9.57. The summed E-state index contributed by atoms with van der Waals surface area (Å²) in [5.41, 5.74) is -1.06. The lowest BCUT2D eigenvalue weighted by Crippen LogP contribution is -2.41. The normalized spacial score (nSPS) is 14.1. The summed E-state index contributed by atoms with van der Waals surface area (Å²) in [6, 6.07) is 3.70. The van der Waals surface area contributed by atoms with Crippen molar-refractivity contribution in [2.45, 2.75) is 27.7 Å². The van der Waals surface area contributed by atoms with E-state index in [4.69, 9.17) is 15.3 Å². The third-order valence-corrected chi connectivity index (χ3v) is 2.77. The van der Waals surface area contributed by atoms with Gasteiger partial charge in [-0.3, -0.25) is 4.79 Å². The number of esters is 1. The van der Waals surface area contributed by atoms with Crippen LogP contribution in [0.2, 0.25) is 0 Å². The molecule has 0 unspecified atom stereocenters. The summed E-state index contributed by atoms with van der Waals surface area (Å²) in [5.74, 6) is -1.58. The Morgan fingerprint density at radius 3 is 2.13 bits per heavy atom. The Kier molecular flexibility index (Phi) is 4.81. The van der Waals surface area contributed by atoms with Gasteiger partial charge < -0.3 is 4.74 Å². The first-order valence-electron chi connectivity index (χ1n) is 4.91. The Labute approximate surface area is 90.4 Å². The SMILES string of the molecule is CCOC(=O)[C@@](C)(C(C)C)C(C#N)C#N. The fourth-order valence-electron chi connectivity index (χ4n) is 1.27. The highest BCUT2D eigenvalue weighted by atomic mass is 16.5. The van der Waals surface area contributed by atoms with Crippen LogP contribution in [-0.4, -0.2) is 12.6 Å². The smallest absolute Gasteiger partial charge is 0.314 e. The molecule has 82 valence electrons. The van der Waals surface area contributed by atoms with E-state index in [0.717, 1.165) is 0 Å². The molecule has 0 heterocycles. The van der Waals surface area contributed by atoms with Crippen LogP contribution in [0.5, 0.6) is 0 Å². The predicted molar refractivity (Wildman–Crippen MR) is 54.3 cm³/mol. The predicted octanol–water partition coefficient (Wildman–Crippen LogP) is 1.88. The lowest BCUT2D eigenvalue weighted by Gasteiger charge is -2.31. The number of rotatable bonds is 4. The summed E-state index contributed by atoms with van der Waals surface area (Å²) in [5, 5.41) is 17.7. The van der Waals surface area contributed by atoms with Gasteiger partial charge >= 0.3 is 5.97 Å². The molecule has 0 radical (unpaired) electrons. The number of carbonyl (C=O) groups excluding carboxylic acids is 1. The molecule has 0 spiro atoms. The second-order valence-corrected chi connectivity index (χ2v) is 3.85. The highest BCUT2D eigenvalue weighted by molar-refractivity contribution is 5.78. The second-order valence-electron chi connectivity index (χ2n) is 3.85. The highest BCUT2D eigenvalue weighted by Crippen LogP contribution is 2.36. The van der Waals surface area contributed by atoms with Crippen LogP contribution in [0.1, 0.15) is 27.7 Å². The van der Waals surface area contributed by atoms with Crippen molar-refractivity contribution in [2.75, 3.05) is 6.61 Å². The van der Waals surface area contributed by atoms with Gasteiger partial charge in [-0.15, -0.1) is 0 Å². The van der Waals surface area contributed by atoms with Gasteiger partial charge in [0.1, 0.15) is 5.92 Å². The molecule has 0 fully saturated rings. The van der Waals surface area contributed by atoms with Crippen LogP contribution in [-0.2, 0) is 9.53 Å². The molecule has 0 N–H and O–H groups in total. The van der Waals surface area contributed by atoms with Gasteiger partial charge in [0.15, 0.2) is 0 Å². The maximum atomic E-state index is 11.7. The van der Waals surface area contributed by atoms with Crippen molar-refractivity contribution >= 4 is 5.97 Å². The number of nitrogens with zero attached hydrogens (tertiary/aromatic N) is 2. The maximum absolute atomic E-state index is 11.7. The summed E-state index contributed by atoms with van der Waals surface area (Å²) in [6.07, 6.45) is 0. The van der Waals surface area contributed by atoms with Gasteiger partial charge in [-0.2, -0.15) is 10.5 Å². The number of nitriles is 2. The number of ether oxygens (including phenoxy) is 1. The van der Waals surface area contributed by atoms with Crippen molar-refractivity contribution in [1.82, 2.24) is 0 Å². The Bertz CT molecular complexity index is 298. The van der Waals surface area contributed by atoms with Gasteiger partial charge in [-0.05, 0) is 19.8 Å². The maximum Gasteiger partial charge on any atom is 0.314 e. The summed E-state index contributed by atoms with van der Waals surface area (Å²) in [6.45, 7) is 7.17. The van der Waals surface area contributed by atoms with E-state index < -0.39 is 17.3 Å². The van der Waals surface area contributed by atoms with Crippen molar-refractivity contribution in [2.24, 2.45) is 17.3 Å². The average molecular weight is 208 g/mol. The minimum absolute atomic E-state index is 0.124. The molecule has 0 bridgehead atoms. The minimum atomic E-state index is -1.06.